The van der Waals surface area contributed by atoms with Gasteiger partial charge in [0, 0.05) is 36.9 Å². The smallest absolute Gasteiger partial charge is 0.209 e. The Morgan fingerprint density at radius 2 is 1.93 bits per heavy atom. The number of nitrogens with zero attached hydrogens (tertiary/aromatic N) is 3. The Hall–Kier alpha value is -1.98. The number of hydrogen-bond donors (Lipinski definition) is 3. The summed E-state index contributed by atoms with van der Waals surface area (Å²) in [5.74, 6) is 1.88. The highest BCUT2D eigenvalue weighted by atomic mass is 32.2. The van der Waals surface area contributed by atoms with Gasteiger partial charge < -0.3 is 5.32 Å². The number of anilines is 1. The van der Waals surface area contributed by atoms with Crippen LogP contribution in [0, 0.1) is 17.4 Å². The van der Waals surface area contributed by atoms with Crippen LogP contribution in [-0.2, 0) is 11.0 Å². The predicted molar refractivity (Wildman–Crippen MR) is 115 cm³/mol. The Kier molecular flexibility index (Phi) is 11.2. The molecule has 1 aliphatic rings. The Morgan fingerprint density at radius 1 is 1.18 bits per heavy atom. The summed E-state index contributed by atoms with van der Waals surface area (Å²) in [5, 5.41) is 14.5. The molecule has 28 heavy (non-hydrogen) atoms. The minimum absolute atomic E-state index is 0.446. The molecule has 7 nitrogen and oxygen atoms in total. The summed E-state index contributed by atoms with van der Waals surface area (Å²) in [7, 11) is -0.900. The van der Waals surface area contributed by atoms with Crippen molar-refractivity contribution in [3.8, 4) is 6.19 Å². The van der Waals surface area contributed by atoms with Crippen LogP contribution in [0.3, 0.4) is 0 Å². The molecule has 1 atom stereocenters. The third-order valence-electron chi connectivity index (χ3n) is 4.88. The van der Waals surface area contributed by atoms with E-state index in [0.29, 0.717) is 18.4 Å². The molecule has 1 saturated carbocycles. The van der Waals surface area contributed by atoms with Crippen molar-refractivity contribution in [1.82, 2.24) is 15.0 Å². The van der Waals surface area contributed by atoms with E-state index in [-0.39, 0.29) is 0 Å². The van der Waals surface area contributed by atoms with Gasteiger partial charge in [-0.2, -0.15) is 5.26 Å². The lowest BCUT2D eigenvalue weighted by Gasteiger charge is -2.21. The number of aliphatic imine (C=N–C) groups is 1. The van der Waals surface area contributed by atoms with Crippen molar-refractivity contribution in [2.45, 2.75) is 57.8 Å². The van der Waals surface area contributed by atoms with Crippen molar-refractivity contribution < 1.29 is 4.21 Å². The number of guanidine groups is 1. The van der Waals surface area contributed by atoms with Crippen molar-refractivity contribution in [3.05, 3.63) is 24.5 Å². The molecule has 0 radical (unpaired) electrons. The molecule has 154 valence electrons. The molecule has 0 aromatic carbocycles. The zero-order valence-electron chi connectivity index (χ0n) is 16.5. The summed E-state index contributed by atoms with van der Waals surface area (Å²) in [4.78, 5) is 8.36. The van der Waals surface area contributed by atoms with Gasteiger partial charge in [-0.3, -0.25) is 15.3 Å². The van der Waals surface area contributed by atoms with Crippen LogP contribution in [0.1, 0.15) is 57.8 Å². The average molecular weight is 405 g/mol. The third-order valence-corrected chi connectivity index (χ3v) is 6.03. The lowest BCUT2D eigenvalue weighted by molar-refractivity contribution is 0.359. The highest BCUT2D eigenvalue weighted by molar-refractivity contribution is 7.83. The van der Waals surface area contributed by atoms with Gasteiger partial charge in [0.1, 0.15) is 0 Å². The van der Waals surface area contributed by atoms with Gasteiger partial charge in [0.05, 0.1) is 11.0 Å². The van der Waals surface area contributed by atoms with E-state index in [4.69, 9.17) is 5.26 Å². The summed E-state index contributed by atoms with van der Waals surface area (Å²) in [6.07, 6.45) is 15.8. The lowest BCUT2D eigenvalue weighted by Crippen LogP contribution is -2.27. The minimum Gasteiger partial charge on any atom is -0.325 e. The standard InChI is InChI=1S/C20H32N6OS/c21-17-24-20(26-19-10-13-22-14-11-19)23-12-6-1-2-7-15-28(27)25-16-18-8-4-3-5-9-18/h10-11,13-14,18,25H,1-9,12,15-16H2,(H2,22,23,24,26). The fourth-order valence-corrected chi connectivity index (χ4v) is 4.33. The number of nitriles is 1. The molecular formula is C20H32N6OS. The largest absolute Gasteiger partial charge is 0.325 e. The monoisotopic (exact) mass is 404 g/mol. The quantitative estimate of drug-likeness (QED) is 0.173. The maximum Gasteiger partial charge on any atom is 0.209 e. The molecule has 1 aliphatic carbocycles. The van der Waals surface area contributed by atoms with Crippen LogP contribution in [0.2, 0.25) is 0 Å². The molecule has 1 aromatic rings. The first-order valence-corrected chi connectivity index (χ1v) is 11.6. The highest BCUT2D eigenvalue weighted by Crippen LogP contribution is 2.22. The third kappa shape index (κ3) is 9.81. The molecular weight excluding hydrogens is 372 g/mol. The van der Waals surface area contributed by atoms with E-state index in [2.05, 4.69) is 25.3 Å². The second-order valence-corrected chi connectivity index (χ2v) is 8.53. The topological polar surface area (TPSA) is 102 Å². The number of nitrogens with one attached hydrogen (secondary N) is 3. The van der Waals surface area contributed by atoms with E-state index in [1.165, 1.54) is 32.1 Å². The number of pyridine rings is 1. The Morgan fingerprint density at radius 3 is 2.68 bits per heavy atom. The number of rotatable bonds is 11. The molecule has 1 aromatic heterocycles. The van der Waals surface area contributed by atoms with Crippen LogP contribution in [0.5, 0.6) is 0 Å². The van der Waals surface area contributed by atoms with E-state index >= 15 is 0 Å². The van der Waals surface area contributed by atoms with Crippen molar-refractivity contribution >= 4 is 22.6 Å². The minimum atomic E-state index is -0.900. The van der Waals surface area contributed by atoms with E-state index in [0.717, 1.165) is 43.7 Å². The van der Waals surface area contributed by atoms with Gasteiger partial charge in [-0.1, -0.05) is 32.1 Å². The summed E-state index contributed by atoms with van der Waals surface area (Å²) in [6, 6.07) is 3.63. The van der Waals surface area contributed by atoms with Gasteiger partial charge in [0.15, 0.2) is 6.19 Å². The van der Waals surface area contributed by atoms with Gasteiger partial charge in [-0.25, -0.2) is 8.93 Å². The van der Waals surface area contributed by atoms with Crippen LogP contribution in [0.25, 0.3) is 0 Å². The van der Waals surface area contributed by atoms with Crippen LogP contribution in [0.15, 0.2) is 29.5 Å². The Labute approximate surface area is 171 Å². The number of aromatic nitrogens is 1. The summed E-state index contributed by atoms with van der Waals surface area (Å²) >= 11 is 0. The molecule has 1 heterocycles. The zero-order valence-corrected chi connectivity index (χ0v) is 17.3. The van der Waals surface area contributed by atoms with Crippen LogP contribution in [-0.4, -0.2) is 34.0 Å². The van der Waals surface area contributed by atoms with Crippen molar-refractivity contribution in [2.75, 3.05) is 24.2 Å². The molecule has 0 aliphatic heterocycles. The average Bonchev–Trinajstić information content (AvgIpc) is 2.73. The first-order chi connectivity index (χ1) is 13.8. The van der Waals surface area contributed by atoms with Crippen LogP contribution < -0.4 is 15.4 Å². The predicted octanol–water partition coefficient (Wildman–Crippen LogP) is 3.31. The van der Waals surface area contributed by atoms with E-state index in [1.54, 1.807) is 12.4 Å². The molecule has 1 fully saturated rings. The molecule has 0 saturated heterocycles. The summed E-state index contributed by atoms with van der Waals surface area (Å²) < 4.78 is 15.2. The fraction of sp³-hybridized carbons (Fsp3) is 0.650. The van der Waals surface area contributed by atoms with Crippen LogP contribution >= 0.6 is 0 Å². The van der Waals surface area contributed by atoms with E-state index in [1.807, 2.05) is 18.3 Å². The Bertz CT molecular complexity index is 640. The molecule has 0 amide bonds. The SMILES string of the molecule is N#CNC(=NCCCCCCS(=O)NCC1CCCCC1)Nc1ccncc1. The fourth-order valence-electron chi connectivity index (χ4n) is 3.30. The normalized spacial score (nSPS) is 16.3. The summed E-state index contributed by atoms with van der Waals surface area (Å²) in [6.45, 7) is 1.55. The second-order valence-electron chi connectivity index (χ2n) is 7.14. The number of unbranched alkanes of at least 4 members (excludes halogenated alkanes) is 3. The zero-order chi connectivity index (χ0) is 19.9. The molecule has 3 N–H and O–H groups in total. The first-order valence-electron chi connectivity index (χ1n) is 10.3. The Balaban J connectivity index is 1.53. The van der Waals surface area contributed by atoms with Crippen molar-refractivity contribution in [1.29, 1.82) is 5.26 Å². The van der Waals surface area contributed by atoms with Crippen LogP contribution in [0.4, 0.5) is 5.69 Å². The van der Waals surface area contributed by atoms with Gasteiger partial charge >= 0.3 is 0 Å². The van der Waals surface area contributed by atoms with E-state index in [9.17, 15) is 4.21 Å². The van der Waals surface area contributed by atoms with Gasteiger partial charge in [0.25, 0.3) is 0 Å². The van der Waals surface area contributed by atoms with Crippen molar-refractivity contribution in [3.63, 3.8) is 0 Å². The molecule has 0 spiro atoms. The second kappa shape index (κ2) is 14.1. The first kappa shape index (κ1) is 22.3. The van der Waals surface area contributed by atoms with Gasteiger partial charge in [-0.15, -0.1) is 0 Å². The highest BCUT2D eigenvalue weighted by Gasteiger charge is 2.13. The lowest BCUT2D eigenvalue weighted by atomic mass is 9.90. The number of hydrogen-bond acceptors (Lipinski definition) is 4. The van der Waals surface area contributed by atoms with Gasteiger partial charge in [0.2, 0.25) is 5.96 Å². The van der Waals surface area contributed by atoms with E-state index < -0.39 is 11.0 Å². The maximum atomic E-state index is 12.0. The molecule has 1 unspecified atom stereocenters. The molecule has 0 bridgehead atoms. The molecule has 8 heteroatoms. The molecule has 2 rings (SSSR count). The van der Waals surface area contributed by atoms with Gasteiger partial charge in [-0.05, 0) is 43.7 Å². The van der Waals surface area contributed by atoms with Crippen molar-refractivity contribution in [2.24, 2.45) is 10.9 Å². The summed E-state index contributed by atoms with van der Waals surface area (Å²) in [5.41, 5.74) is 0.833. The maximum absolute atomic E-state index is 12.0.